The van der Waals surface area contributed by atoms with Crippen LogP contribution in [0, 0.1) is 0 Å². The molecule has 0 bridgehead atoms. The van der Waals surface area contributed by atoms with Crippen molar-refractivity contribution in [3.63, 3.8) is 0 Å². The zero-order valence-electron chi connectivity index (χ0n) is 12.6. The van der Waals surface area contributed by atoms with Gasteiger partial charge in [0.1, 0.15) is 0 Å². The molecule has 2 aromatic heterocycles. The van der Waals surface area contributed by atoms with Gasteiger partial charge in [0.2, 0.25) is 10.0 Å². The lowest BCUT2D eigenvalue weighted by atomic mass is 10.1. The van der Waals surface area contributed by atoms with Crippen molar-refractivity contribution in [3.8, 4) is 0 Å². The summed E-state index contributed by atoms with van der Waals surface area (Å²) in [6.07, 6.45) is 4.24. The average Bonchev–Trinajstić information content (AvgIpc) is 2.98. The number of aromatic nitrogens is 1. The molecule has 23 heavy (non-hydrogen) atoms. The van der Waals surface area contributed by atoms with Crippen molar-refractivity contribution in [2.24, 2.45) is 0 Å². The van der Waals surface area contributed by atoms with E-state index >= 15 is 0 Å². The average molecular weight is 335 g/mol. The van der Waals surface area contributed by atoms with Gasteiger partial charge in [-0.1, -0.05) is 6.07 Å². The van der Waals surface area contributed by atoms with Crippen molar-refractivity contribution < 1.29 is 17.6 Å². The van der Waals surface area contributed by atoms with E-state index in [1.165, 1.54) is 16.8 Å². The Bertz CT molecular complexity index is 768. The molecule has 0 N–H and O–H groups in total. The maximum atomic E-state index is 12.1. The summed E-state index contributed by atoms with van der Waals surface area (Å²) in [6.45, 7) is 0.895. The molecule has 1 amide bonds. The fraction of sp³-hybridized carbons (Fsp3) is 0.333. The number of pyridine rings is 1. The Morgan fingerprint density at radius 1 is 1.35 bits per heavy atom. The third-order valence-corrected chi connectivity index (χ3v) is 5.04. The lowest BCUT2D eigenvalue weighted by Gasteiger charge is -2.43. The van der Waals surface area contributed by atoms with Crippen molar-refractivity contribution in [1.29, 1.82) is 0 Å². The Balaban J connectivity index is 1.68. The van der Waals surface area contributed by atoms with E-state index in [1.54, 1.807) is 35.4 Å². The van der Waals surface area contributed by atoms with E-state index in [1.807, 2.05) is 6.07 Å². The molecule has 1 fully saturated rings. The molecule has 0 aliphatic carbocycles. The smallest absolute Gasteiger partial charge is 0.289 e. The Labute approximate surface area is 134 Å². The Hall–Kier alpha value is -2.19. The number of carbonyl (C=O) groups is 1. The number of hydrogen-bond donors (Lipinski definition) is 0. The number of carbonyl (C=O) groups excluding carboxylic acids is 1. The van der Waals surface area contributed by atoms with Crippen molar-refractivity contribution in [2.75, 3.05) is 19.3 Å². The summed E-state index contributed by atoms with van der Waals surface area (Å²) in [4.78, 5) is 17.9. The van der Waals surface area contributed by atoms with Crippen molar-refractivity contribution >= 4 is 15.9 Å². The number of sulfonamides is 1. The zero-order valence-corrected chi connectivity index (χ0v) is 13.4. The molecule has 1 aliphatic rings. The quantitative estimate of drug-likeness (QED) is 0.813. The van der Waals surface area contributed by atoms with Crippen molar-refractivity contribution in [3.05, 3.63) is 54.2 Å². The highest BCUT2D eigenvalue weighted by atomic mass is 32.2. The van der Waals surface area contributed by atoms with E-state index in [0.29, 0.717) is 18.8 Å². The highest BCUT2D eigenvalue weighted by molar-refractivity contribution is 7.88. The predicted octanol–water partition coefficient (Wildman–Crippen LogP) is 0.961. The van der Waals surface area contributed by atoms with E-state index < -0.39 is 10.0 Å². The topological polar surface area (TPSA) is 83.7 Å². The van der Waals surface area contributed by atoms with Crippen LogP contribution in [0.25, 0.3) is 0 Å². The molecular formula is C15H17N3O4S. The number of hydrogen-bond acceptors (Lipinski definition) is 5. The van der Waals surface area contributed by atoms with Crippen LogP contribution in [0.15, 0.2) is 47.2 Å². The largest absolute Gasteiger partial charge is 0.459 e. The number of amides is 1. The molecule has 0 spiro atoms. The van der Waals surface area contributed by atoms with Gasteiger partial charge in [0.25, 0.3) is 5.91 Å². The Morgan fingerprint density at radius 3 is 2.70 bits per heavy atom. The molecule has 0 saturated carbocycles. The van der Waals surface area contributed by atoms with Gasteiger partial charge < -0.3 is 9.32 Å². The number of rotatable bonds is 5. The summed E-state index contributed by atoms with van der Waals surface area (Å²) in [7, 11) is -3.39. The number of furan rings is 1. The summed E-state index contributed by atoms with van der Waals surface area (Å²) in [5.41, 5.74) is 0.675. The van der Waals surface area contributed by atoms with Crippen LogP contribution in [0.1, 0.15) is 16.2 Å². The highest BCUT2D eigenvalue weighted by Gasteiger charge is 2.39. The Kier molecular flexibility index (Phi) is 4.18. The van der Waals surface area contributed by atoms with Gasteiger partial charge in [-0.05, 0) is 24.3 Å². The van der Waals surface area contributed by atoms with Crippen LogP contribution in [-0.2, 0) is 16.6 Å². The second-order valence-electron chi connectivity index (χ2n) is 5.47. The predicted molar refractivity (Wildman–Crippen MR) is 83.0 cm³/mol. The molecule has 0 radical (unpaired) electrons. The van der Waals surface area contributed by atoms with Crippen LogP contribution in [-0.4, -0.2) is 53.9 Å². The molecule has 0 unspecified atom stereocenters. The lowest BCUT2D eigenvalue weighted by molar-refractivity contribution is 0.0412. The zero-order chi connectivity index (χ0) is 16.4. The first-order valence-corrected chi connectivity index (χ1v) is 8.99. The molecule has 3 rings (SSSR count). The van der Waals surface area contributed by atoms with Gasteiger partial charge in [0, 0.05) is 19.3 Å². The fourth-order valence-corrected chi connectivity index (χ4v) is 3.57. The molecule has 122 valence electrons. The minimum Gasteiger partial charge on any atom is -0.459 e. The van der Waals surface area contributed by atoms with Gasteiger partial charge in [-0.2, -0.15) is 4.31 Å². The van der Waals surface area contributed by atoms with Crippen molar-refractivity contribution in [2.45, 2.75) is 12.6 Å². The second-order valence-corrected chi connectivity index (χ2v) is 7.41. The van der Waals surface area contributed by atoms with Gasteiger partial charge in [-0.15, -0.1) is 0 Å². The number of nitrogens with zero attached hydrogens (tertiary/aromatic N) is 3. The highest BCUT2D eigenvalue weighted by Crippen LogP contribution is 2.22. The summed E-state index contributed by atoms with van der Waals surface area (Å²) >= 11 is 0. The summed E-state index contributed by atoms with van der Waals surface area (Å²) < 4.78 is 30.6. The lowest BCUT2D eigenvalue weighted by Crippen LogP contribution is -2.61. The van der Waals surface area contributed by atoms with Crippen LogP contribution >= 0.6 is 0 Å². The maximum Gasteiger partial charge on any atom is 0.289 e. The van der Waals surface area contributed by atoms with Crippen LogP contribution < -0.4 is 0 Å². The summed E-state index contributed by atoms with van der Waals surface area (Å²) in [5, 5.41) is 0. The molecule has 1 aliphatic heterocycles. The van der Waals surface area contributed by atoms with Crippen LogP contribution in [0.4, 0.5) is 0 Å². The third kappa shape index (κ3) is 3.43. The molecule has 7 nitrogen and oxygen atoms in total. The van der Waals surface area contributed by atoms with Gasteiger partial charge in [-0.25, -0.2) is 8.42 Å². The SMILES string of the molecule is CS(=O)(=O)N(Cc1ccccn1)C1CN(C(=O)c2ccco2)C1. The first-order chi connectivity index (χ1) is 10.9. The summed E-state index contributed by atoms with van der Waals surface area (Å²) in [5.74, 6) is 0.0385. The molecule has 2 aromatic rings. The normalized spacial score (nSPS) is 15.7. The molecule has 1 saturated heterocycles. The van der Waals surface area contributed by atoms with E-state index in [9.17, 15) is 13.2 Å². The Morgan fingerprint density at radius 2 is 2.13 bits per heavy atom. The van der Waals surface area contributed by atoms with Gasteiger partial charge in [-0.3, -0.25) is 9.78 Å². The van der Waals surface area contributed by atoms with E-state index in [4.69, 9.17) is 4.42 Å². The van der Waals surface area contributed by atoms with Gasteiger partial charge in [0.05, 0.1) is 30.8 Å². The summed E-state index contributed by atoms with van der Waals surface area (Å²) in [6, 6.07) is 8.37. The van der Waals surface area contributed by atoms with E-state index in [2.05, 4.69) is 4.98 Å². The van der Waals surface area contributed by atoms with Crippen LogP contribution in [0.3, 0.4) is 0 Å². The third-order valence-electron chi connectivity index (χ3n) is 3.76. The standard InChI is InChI=1S/C15H17N3O4S/c1-23(20,21)18(9-12-5-2-3-7-16-12)13-10-17(11-13)15(19)14-6-4-8-22-14/h2-8,13H,9-11H2,1H3. The minimum atomic E-state index is -3.39. The minimum absolute atomic E-state index is 0.202. The fourth-order valence-electron chi connectivity index (χ4n) is 2.53. The van der Waals surface area contributed by atoms with E-state index in [-0.39, 0.29) is 24.3 Å². The first kappa shape index (κ1) is 15.7. The molecular weight excluding hydrogens is 318 g/mol. The first-order valence-electron chi connectivity index (χ1n) is 7.14. The van der Waals surface area contributed by atoms with Gasteiger partial charge in [0.15, 0.2) is 5.76 Å². The molecule has 0 atom stereocenters. The second kappa shape index (κ2) is 6.13. The van der Waals surface area contributed by atoms with E-state index in [0.717, 1.165) is 0 Å². The van der Waals surface area contributed by atoms with Crippen LogP contribution in [0.2, 0.25) is 0 Å². The molecule has 0 aromatic carbocycles. The number of likely N-dealkylation sites (tertiary alicyclic amines) is 1. The van der Waals surface area contributed by atoms with Crippen LogP contribution in [0.5, 0.6) is 0 Å². The maximum absolute atomic E-state index is 12.1. The monoisotopic (exact) mass is 335 g/mol. The molecule has 8 heteroatoms. The van der Waals surface area contributed by atoms with Crippen molar-refractivity contribution in [1.82, 2.24) is 14.2 Å². The van der Waals surface area contributed by atoms with Gasteiger partial charge >= 0.3 is 0 Å². The molecule has 3 heterocycles.